The molecular formula is C16H14N2O4S. The standard InChI is InChI=1S/C16H14N2O4S/c17-15(19)13-5-6-14(23-13)16(20)18(9-11-3-1-7-21-11)10-12-4-2-8-22-12/h1-8H,9-10H2,(H2,17,19). The van der Waals surface area contributed by atoms with Crippen LogP contribution in [0.5, 0.6) is 0 Å². The summed E-state index contributed by atoms with van der Waals surface area (Å²) in [5.41, 5.74) is 5.24. The molecule has 0 aliphatic heterocycles. The predicted molar refractivity (Wildman–Crippen MR) is 83.8 cm³/mol. The van der Waals surface area contributed by atoms with E-state index >= 15 is 0 Å². The van der Waals surface area contributed by atoms with Crippen molar-refractivity contribution in [3.05, 3.63) is 70.2 Å². The molecule has 23 heavy (non-hydrogen) atoms. The van der Waals surface area contributed by atoms with Gasteiger partial charge in [0.2, 0.25) is 0 Å². The van der Waals surface area contributed by atoms with Gasteiger partial charge in [-0.15, -0.1) is 11.3 Å². The zero-order chi connectivity index (χ0) is 16.2. The molecule has 0 spiro atoms. The van der Waals surface area contributed by atoms with Gasteiger partial charge < -0.3 is 19.5 Å². The van der Waals surface area contributed by atoms with Crippen molar-refractivity contribution >= 4 is 23.2 Å². The van der Waals surface area contributed by atoms with Crippen molar-refractivity contribution in [1.29, 1.82) is 0 Å². The molecule has 0 aliphatic carbocycles. The fraction of sp³-hybridized carbons (Fsp3) is 0.125. The van der Waals surface area contributed by atoms with Crippen LogP contribution in [0.3, 0.4) is 0 Å². The summed E-state index contributed by atoms with van der Waals surface area (Å²) in [6, 6.07) is 10.3. The Balaban J connectivity index is 1.83. The van der Waals surface area contributed by atoms with Gasteiger partial charge in [-0.1, -0.05) is 0 Å². The summed E-state index contributed by atoms with van der Waals surface area (Å²) >= 11 is 1.08. The molecule has 6 nitrogen and oxygen atoms in total. The largest absolute Gasteiger partial charge is 0.467 e. The second kappa shape index (κ2) is 6.53. The maximum absolute atomic E-state index is 12.7. The summed E-state index contributed by atoms with van der Waals surface area (Å²) < 4.78 is 10.6. The Morgan fingerprint density at radius 1 is 0.957 bits per heavy atom. The van der Waals surface area contributed by atoms with E-state index in [9.17, 15) is 9.59 Å². The number of nitrogens with zero attached hydrogens (tertiary/aromatic N) is 1. The molecule has 0 saturated carbocycles. The van der Waals surface area contributed by atoms with E-state index in [0.717, 1.165) is 11.3 Å². The number of furan rings is 2. The fourth-order valence-corrected chi connectivity index (χ4v) is 2.95. The Kier molecular flexibility index (Phi) is 4.29. The van der Waals surface area contributed by atoms with Crippen LogP contribution in [0.15, 0.2) is 57.8 Å². The number of nitrogens with two attached hydrogens (primary N) is 1. The van der Waals surface area contributed by atoms with Crippen molar-refractivity contribution in [3.8, 4) is 0 Å². The van der Waals surface area contributed by atoms with Gasteiger partial charge in [-0.05, 0) is 36.4 Å². The minimum absolute atomic E-state index is 0.213. The first kappa shape index (κ1) is 15.1. The molecule has 2 N–H and O–H groups in total. The molecular weight excluding hydrogens is 316 g/mol. The number of hydrogen-bond donors (Lipinski definition) is 1. The van der Waals surface area contributed by atoms with E-state index in [1.54, 1.807) is 53.8 Å². The smallest absolute Gasteiger partial charge is 0.264 e. The molecule has 0 fully saturated rings. The summed E-state index contributed by atoms with van der Waals surface area (Å²) in [4.78, 5) is 26.3. The normalized spacial score (nSPS) is 10.6. The first-order chi connectivity index (χ1) is 11.1. The molecule has 0 saturated heterocycles. The highest BCUT2D eigenvalue weighted by Crippen LogP contribution is 2.21. The fourth-order valence-electron chi connectivity index (χ4n) is 2.12. The third-order valence-electron chi connectivity index (χ3n) is 3.20. The molecule has 0 atom stereocenters. The van der Waals surface area contributed by atoms with Crippen LogP contribution in [0.4, 0.5) is 0 Å². The molecule has 3 rings (SSSR count). The highest BCUT2D eigenvalue weighted by molar-refractivity contribution is 7.15. The molecule has 3 aromatic heterocycles. The second-order valence-corrected chi connectivity index (χ2v) is 5.93. The maximum atomic E-state index is 12.7. The number of primary amides is 1. The molecule has 0 aliphatic rings. The number of amides is 2. The van der Waals surface area contributed by atoms with Crippen LogP contribution in [-0.4, -0.2) is 16.7 Å². The summed E-state index contributed by atoms with van der Waals surface area (Å²) in [5.74, 6) is 0.571. The zero-order valence-corrected chi connectivity index (χ0v) is 12.9. The monoisotopic (exact) mass is 330 g/mol. The lowest BCUT2D eigenvalue weighted by molar-refractivity contribution is 0.0709. The summed E-state index contributed by atoms with van der Waals surface area (Å²) in [5, 5.41) is 0. The van der Waals surface area contributed by atoms with E-state index in [-0.39, 0.29) is 5.91 Å². The maximum Gasteiger partial charge on any atom is 0.264 e. The Morgan fingerprint density at radius 2 is 1.52 bits per heavy atom. The topological polar surface area (TPSA) is 89.7 Å². The molecule has 0 unspecified atom stereocenters. The number of carbonyl (C=O) groups excluding carboxylic acids is 2. The molecule has 2 amide bonds. The van der Waals surface area contributed by atoms with Gasteiger partial charge in [-0.2, -0.15) is 0 Å². The Hall–Kier alpha value is -2.80. The first-order valence-corrected chi connectivity index (χ1v) is 7.69. The number of carbonyl (C=O) groups is 2. The summed E-state index contributed by atoms with van der Waals surface area (Å²) in [7, 11) is 0. The van der Waals surface area contributed by atoms with E-state index in [1.807, 2.05) is 0 Å². The van der Waals surface area contributed by atoms with Gasteiger partial charge in [-0.25, -0.2) is 0 Å². The van der Waals surface area contributed by atoms with Crippen LogP contribution in [0, 0.1) is 0 Å². The van der Waals surface area contributed by atoms with Crippen LogP contribution in [0.2, 0.25) is 0 Å². The minimum Gasteiger partial charge on any atom is -0.467 e. The van der Waals surface area contributed by atoms with Gasteiger partial charge in [0.1, 0.15) is 11.5 Å². The summed E-state index contributed by atoms with van der Waals surface area (Å²) in [6.07, 6.45) is 3.11. The van der Waals surface area contributed by atoms with E-state index in [1.165, 1.54) is 0 Å². The van der Waals surface area contributed by atoms with Crippen LogP contribution in [-0.2, 0) is 13.1 Å². The van der Waals surface area contributed by atoms with Crippen molar-refractivity contribution < 1.29 is 18.4 Å². The first-order valence-electron chi connectivity index (χ1n) is 6.87. The van der Waals surface area contributed by atoms with Crippen molar-refractivity contribution in [2.24, 2.45) is 5.73 Å². The highest BCUT2D eigenvalue weighted by atomic mass is 32.1. The average Bonchev–Trinajstić information content (AvgIpc) is 3.28. The van der Waals surface area contributed by atoms with Crippen LogP contribution in [0.25, 0.3) is 0 Å². The Bertz CT molecular complexity index is 754. The van der Waals surface area contributed by atoms with Crippen molar-refractivity contribution in [3.63, 3.8) is 0 Å². The van der Waals surface area contributed by atoms with Gasteiger partial charge in [0, 0.05) is 0 Å². The van der Waals surface area contributed by atoms with Crippen LogP contribution >= 0.6 is 11.3 Å². The summed E-state index contributed by atoms with van der Waals surface area (Å²) in [6.45, 7) is 0.604. The van der Waals surface area contributed by atoms with Gasteiger partial charge in [-0.3, -0.25) is 9.59 Å². The molecule has 118 valence electrons. The lowest BCUT2D eigenvalue weighted by atomic mass is 10.3. The molecule has 0 aromatic carbocycles. The molecule has 3 heterocycles. The minimum atomic E-state index is -0.544. The van der Waals surface area contributed by atoms with Gasteiger partial charge in [0.15, 0.2) is 0 Å². The molecule has 7 heteroatoms. The number of rotatable bonds is 6. The lowest BCUT2D eigenvalue weighted by Gasteiger charge is -2.19. The van der Waals surface area contributed by atoms with E-state index in [2.05, 4.69) is 0 Å². The van der Waals surface area contributed by atoms with Gasteiger partial charge in [0.25, 0.3) is 11.8 Å². The van der Waals surface area contributed by atoms with E-state index in [0.29, 0.717) is 34.4 Å². The number of hydrogen-bond acceptors (Lipinski definition) is 5. The predicted octanol–water partition coefficient (Wildman–Crippen LogP) is 2.88. The van der Waals surface area contributed by atoms with Crippen LogP contribution < -0.4 is 5.73 Å². The van der Waals surface area contributed by atoms with Gasteiger partial charge >= 0.3 is 0 Å². The molecule has 3 aromatic rings. The van der Waals surface area contributed by atoms with E-state index in [4.69, 9.17) is 14.6 Å². The number of thiophene rings is 1. The SMILES string of the molecule is NC(=O)c1ccc(C(=O)N(Cc2ccco2)Cc2ccco2)s1. The lowest BCUT2D eigenvalue weighted by Crippen LogP contribution is -2.29. The van der Waals surface area contributed by atoms with E-state index < -0.39 is 5.91 Å². The average molecular weight is 330 g/mol. The second-order valence-electron chi connectivity index (χ2n) is 4.85. The zero-order valence-electron chi connectivity index (χ0n) is 12.1. The third kappa shape index (κ3) is 3.51. The van der Waals surface area contributed by atoms with Crippen LogP contribution in [0.1, 0.15) is 30.9 Å². The van der Waals surface area contributed by atoms with Crippen molar-refractivity contribution in [1.82, 2.24) is 4.90 Å². The Labute approximate surface area is 136 Å². The Morgan fingerprint density at radius 3 is 1.96 bits per heavy atom. The molecule has 0 bridgehead atoms. The quantitative estimate of drug-likeness (QED) is 0.752. The van der Waals surface area contributed by atoms with Crippen molar-refractivity contribution in [2.45, 2.75) is 13.1 Å². The molecule has 0 radical (unpaired) electrons. The highest BCUT2D eigenvalue weighted by Gasteiger charge is 2.21. The van der Waals surface area contributed by atoms with Crippen molar-refractivity contribution in [2.75, 3.05) is 0 Å². The van der Waals surface area contributed by atoms with Gasteiger partial charge in [0.05, 0.1) is 35.4 Å². The third-order valence-corrected chi connectivity index (χ3v) is 4.29.